The number of rotatable bonds is 10. The summed E-state index contributed by atoms with van der Waals surface area (Å²) in [7, 11) is 5.21. The van der Waals surface area contributed by atoms with Gasteiger partial charge in [0, 0.05) is 48.0 Å². The van der Waals surface area contributed by atoms with Gasteiger partial charge in [-0.3, -0.25) is 4.90 Å². The zero-order chi connectivity index (χ0) is 31.9. The van der Waals surface area contributed by atoms with Crippen molar-refractivity contribution < 1.29 is 23.4 Å². The summed E-state index contributed by atoms with van der Waals surface area (Å²) in [4.78, 5) is 29.2. The molecule has 5 rings (SSSR count). The minimum Gasteiger partial charge on any atom is -0.497 e. The Bertz CT molecular complexity index is 1640. The summed E-state index contributed by atoms with van der Waals surface area (Å²) in [5.41, 5.74) is 1.71. The molecule has 1 saturated heterocycles. The minimum absolute atomic E-state index is 0.0594. The molecular weight excluding hydrogens is 595 g/mol. The van der Waals surface area contributed by atoms with Gasteiger partial charge in [-0.25, -0.2) is 14.2 Å². The molecule has 1 N–H and O–H groups in total. The summed E-state index contributed by atoms with van der Waals surface area (Å²) in [6, 6.07) is 19.6. The number of piperazine rings is 1. The highest BCUT2D eigenvalue weighted by Crippen LogP contribution is 2.31. The van der Waals surface area contributed by atoms with E-state index < -0.39 is 6.09 Å². The second kappa shape index (κ2) is 14.5. The lowest BCUT2D eigenvalue weighted by Crippen LogP contribution is -2.50. The van der Waals surface area contributed by atoms with Gasteiger partial charge >= 0.3 is 6.09 Å². The van der Waals surface area contributed by atoms with E-state index in [9.17, 15) is 4.79 Å². The quantitative estimate of drug-likeness (QED) is 0.197. The number of nitrogens with zero attached hydrogens (tertiary/aromatic N) is 5. The van der Waals surface area contributed by atoms with Crippen molar-refractivity contribution in [2.75, 3.05) is 62.3 Å². The highest BCUT2D eigenvalue weighted by molar-refractivity contribution is 7.98. The zero-order valence-electron chi connectivity index (χ0n) is 26.0. The second-order valence-electron chi connectivity index (χ2n) is 10.6. The Morgan fingerprint density at radius 2 is 1.89 bits per heavy atom. The maximum atomic E-state index is 15.3. The van der Waals surface area contributed by atoms with Gasteiger partial charge in [-0.05, 0) is 74.8 Å². The van der Waals surface area contributed by atoms with E-state index in [4.69, 9.17) is 14.2 Å². The number of methoxy groups -OCH3 is 2. The number of hydrogen-bond acceptors (Lipinski definition) is 10. The summed E-state index contributed by atoms with van der Waals surface area (Å²) >= 11 is 1.47. The van der Waals surface area contributed by atoms with Gasteiger partial charge in [-0.1, -0.05) is 12.1 Å². The van der Waals surface area contributed by atoms with Crippen molar-refractivity contribution in [1.82, 2.24) is 14.9 Å². The molecule has 10 nitrogen and oxygen atoms in total. The van der Waals surface area contributed by atoms with Crippen LogP contribution >= 0.6 is 11.8 Å². The number of aromatic nitrogens is 2. The average Bonchev–Trinajstić information content (AvgIpc) is 3.05. The molecule has 3 aromatic carbocycles. The van der Waals surface area contributed by atoms with Crippen LogP contribution in [-0.4, -0.2) is 74.2 Å². The lowest BCUT2D eigenvalue weighted by Gasteiger charge is -2.39. The van der Waals surface area contributed by atoms with Crippen LogP contribution in [0.2, 0.25) is 0 Å². The third-order valence-corrected chi connectivity index (χ3v) is 8.50. The Balaban J connectivity index is 1.43. The van der Waals surface area contributed by atoms with E-state index in [-0.39, 0.29) is 24.1 Å². The Hall–Kier alpha value is -4.55. The predicted octanol–water partition coefficient (Wildman–Crippen LogP) is 6.44. The van der Waals surface area contributed by atoms with Gasteiger partial charge in [0.15, 0.2) is 0 Å². The molecule has 0 saturated carbocycles. The fourth-order valence-electron chi connectivity index (χ4n) is 5.06. The molecule has 2 heterocycles. The summed E-state index contributed by atoms with van der Waals surface area (Å²) < 4.78 is 32.1. The number of amides is 1. The number of likely N-dealkylation sites (N-methyl/N-ethyl adjacent to an activating group) is 1. The molecular formula is C33H37FN6O4S. The number of ether oxygens (including phenoxy) is 3. The Kier molecular flexibility index (Phi) is 10.3. The van der Waals surface area contributed by atoms with E-state index in [1.165, 1.54) is 28.9 Å². The number of hydrogen-bond donors (Lipinski definition) is 1. The lowest BCUT2D eigenvalue weighted by atomic mass is 10.1. The van der Waals surface area contributed by atoms with Crippen LogP contribution in [0, 0.1) is 5.82 Å². The first-order valence-corrected chi connectivity index (χ1v) is 15.7. The van der Waals surface area contributed by atoms with Gasteiger partial charge in [-0.15, -0.1) is 11.8 Å². The highest BCUT2D eigenvalue weighted by atomic mass is 32.2. The van der Waals surface area contributed by atoms with Crippen LogP contribution in [0.15, 0.2) is 77.8 Å². The molecule has 1 aliphatic heterocycles. The van der Waals surface area contributed by atoms with E-state index in [1.54, 1.807) is 62.8 Å². The molecule has 4 aromatic rings. The maximum Gasteiger partial charge on any atom is 0.421 e. The van der Waals surface area contributed by atoms with Crippen molar-refractivity contribution in [3.8, 4) is 17.2 Å². The third-order valence-electron chi connectivity index (χ3n) is 7.72. The molecule has 1 aliphatic rings. The molecule has 1 fully saturated rings. The predicted molar refractivity (Wildman–Crippen MR) is 176 cm³/mol. The summed E-state index contributed by atoms with van der Waals surface area (Å²) in [6.45, 7) is 4.56. The maximum absolute atomic E-state index is 15.3. The molecule has 236 valence electrons. The first-order chi connectivity index (χ1) is 21.8. The Morgan fingerprint density at radius 1 is 1.07 bits per heavy atom. The standard InChI is InChI=1S/C33H37FN6O4S/c1-22-20-39(17-16-38(22)2)27-12-10-24(19-26(27)34)36-32-35-15-14-31(37-32)40(21-23-18-25(42-3)11-13-28(23)43-4)33(41)44-29-8-6-7-9-30(29)45-5/h6-15,18-19,22H,16-17,20-21H2,1-5H3,(H,35,36,37). The van der Waals surface area contributed by atoms with E-state index in [0.29, 0.717) is 40.2 Å². The molecule has 1 aromatic heterocycles. The Morgan fingerprint density at radius 3 is 2.62 bits per heavy atom. The molecule has 45 heavy (non-hydrogen) atoms. The van der Waals surface area contributed by atoms with Gasteiger partial charge in [0.25, 0.3) is 0 Å². The minimum atomic E-state index is -0.650. The number of nitrogens with one attached hydrogen (secondary N) is 1. The van der Waals surface area contributed by atoms with Crippen LogP contribution in [0.1, 0.15) is 12.5 Å². The van der Waals surface area contributed by atoms with E-state index in [0.717, 1.165) is 24.5 Å². The van der Waals surface area contributed by atoms with Gasteiger partial charge in [0.2, 0.25) is 5.95 Å². The normalized spacial score (nSPS) is 15.0. The number of anilines is 4. The molecule has 1 unspecified atom stereocenters. The molecule has 12 heteroatoms. The number of carbonyl (C=O) groups is 1. The van der Waals surface area contributed by atoms with E-state index in [2.05, 4.69) is 39.1 Å². The fraction of sp³-hybridized carbons (Fsp3) is 0.303. The van der Waals surface area contributed by atoms with Gasteiger partial charge < -0.3 is 29.3 Å². The Labute approximate surface area is 267 Å². The second-order valence-corrected chi connectivity index (χ2v) is 11.4. The zero-order valence-corrected chi connectivity index (χ0v) is 26.8. The van der Waals surface area contributed by atoms with Crippen LogP contribution < -0.4 is 29.3 Å². The van der Waals surface area contributed by atoms with Crippen LogP contribution in [0.3, 0.4) is 0 Å². The third kappa shape index (κ3) is 7.58. The number of halogens is 1. The smallest absolute Gasteiger partial charge is 0.421 e. The van der Waals surface area contributed by atoms with Crippen LogP contribution in [0.5, 0.6) is 17.2 Å². The molecule has 0 spiro atoms. The summed E-state index contributed by atoms with van der Waals surface area (Å²) in [5, 5.41) is 3.08. The van der Waals surface area contributed by atoms with Crippen molar-refractivity contribution >= 4 is 41.0 Å². The van der Waals surface area contributed by atoms with Gasteiger partial charge in [0.05, 0.1) is 26.5 Å². The molecule has 0 radical (unpaired) electrons. The monoisotopic (exact) mass is 632 g/mol. The molecule has 1 atom stereocenters. The SMILES string of the molecule is COc1ccc(OC)c(CN(C(=O)Oc2ccccc2SC)c2ccnc(Nc3ccc(N4CCN(C)C(C)C4)c(F)c3)n2)c1. The van der Waals surface area contributed by atoms with Gasteiger partial charge in [-0.2, -0.15) is 4.98 Å². The van der Waals surface area contributed by atoms with Crippen molar-refractivity contribution in [2.24, 2.45) is 0 Å². The topological polar surface area (TPSA) is 92.3 Å². The molecule has 1 amide bonds. The van der Waals surface area contributed by atoms with Crippen LogP contribution in [0.4, 0.5) is 32.3 Å². The van der Waals surface area contributed by atoms with Crippen molar-refractivity contribution in [1.29, 1.82) is 0 Å². The van der Waals surface area contributed by atoms with E-state index >= 15 is 4.39 Å². The van der Waals surface area contributed by atoms with Crippen molar-refractivity contribution in [2.45, 2.75) is 24.4 Å². The van der Waals surface area contributed by atoms with E-state index in [1.807, 2.05) is 18.4 Å². The number of para-hydroxylation sites is 1. The van der Waals surface area contributed by atoms with Crippen LogP contribution in [-0.2, 0) is 6.54 Å². The van der Waals surface area contributed by atoms with Crippen LogP contribution in [0.25, 0.3) is 0 Å². The summed E-state index contributed by atoms with van der Waals surface area (Å²) in [6.07, 6.45) is 2.79. The fourth-order valence-corrected chi connectivity index (χ4v) is 5.59. The number of benzene rings is 3. The van der Waals surface area contributed by atoms with Crippen molar-refractivity contribution in [3.05, 3.63) is 84.3 Å². The first kappa shape index (κ1) is 31.9. The highest BCUT2D eigenvalue weighted by Gasteiger charge is 2.25. The first-order valence-electron chi connectivity index (χ1n) is 14.5. The lowest BCUT2D eigenvalue weighted by molar-refractivity contribution is 0.206. The van der Waals surface area contributed by atoms with Gasteiger partial charge in [0.1, 0.15) is 28.9 Å². The number of thioether (sulfide) groups is 1. The summed E-state index contributed by atoms with van der Waals surface area (Å²) in [5.74, 6) is 1.72. The molecule has 0 bridgehead atoms. The number of carbonyl (C=O) groups excluding carboxylic acids is 1. The average molecular weight is 633 g/mol. The molecule has 0 aliphatic carbocycles. The van der Waals surface area contributed by atoms with Crippen molar-refractivity contribution in [3.63, 3.8) is 0 Å². The largest absolute Gasteiger partial charge is 0.497 e.